The summed E-state index contributed by atoms with van der Waals surface area (Å²) in [6.07, 6.45) is -0.00294. The first-order valence-electron chi connectivity index (χ1n) is 11.1. The van der Waals surface area contributed by atoms with E-state index in [-0.39, 0.29) is 11.3 Å². The number of rotatable bonds is 9. The molecular weight excluding hydrogens is 534 g/mol. The molecule has 0 saturated heterocycles. The first kappa shape index (κ1) is 26.7. The van der Waals surface area contributed by atoms with Crippen molar-refractivity contribution in [1.82, 2.24) is 5.43 Å². The predicted octanol–water partition coefficient (Wildman–Crippen LogP) is 6.29. The number of hydrogen-bond donors (Lipinski definition) is 1. The van der Waals surface area contributed by atoms with E-state index in [1.54, 1.807) is 66.7 Å². The van der Waals surface area contributed by atoms with Crippen molar-refractivity contribution >= 4 is 41.3 Å². The van der Waals surface area contributed by atoms with Crippen LogP contribution >= 0.6 is 23.2 Å². The van der Waals surface area contributed by atoms with Crippen molar-refractivity contribution in [2.45, 2.75) is 6.29 Å². The number of benzene rings is 4. The Labute approximate surface area is 227 Å². The van der Waals surface area contributed by atoms with Crippen LogP contribution in [-0.2, 0) is 4.79 Å². The number of nitrogens with zero attached hydrogens (tertiary/aromatic N) is 1. The minimum Gasteiger partial charge on any atom is -0.446 e. The maximum Gasteiger partial charge on any atom is 0.346 e. The molecule has 0 unspecified atom stereocenters. The molecule has 0 fully saturated rings. The third-order valence-corrected chi connectivity index (χ3v) is 5.40. The molecule has 0 spiro atoms. The Morgan fingerprint density at radius 1 is 0.763 bits per heavy atom. The zero-order valence-corrected chi connectivity index (χ0v) is 21.0. The van der Waals surface area contributed by atoms with Crippen LogP contribution in [0.1, 0.15) is 15.9 Å². The van der Waals surface area contributed by atoms with Gasteiger partial charge in [0.05, 0.1) is 11.8 Å². The highest BCUT2D eigenvalue weighted by Crippen LogP contribution is 2.21. The van der Waals surface area contributed by atoms with Crippen LogP contribution in [0.25, 0.3) is 0 Å². The lowest BCUT2D eigenvalue weighted by atomic mass is 10.2. The van der Waals surface area contributed by atoms with Gasteiger partial charge >= 0.3 is 18.2 Å². The molecule has 1 N–H and O–H groups in total. The van der Waals surface area contributed by atoms with Gasteiger partial charge in [0.2, 0.25) is 0 Å². The second kappa shape index (κ2) is 12.7. The molecule has 192 valence electrons. The van der Waals surface area contributed by atoms with Crippen molar-refractivity contribution in [1.29, 1.82) is 0 Å². The third kappa shape index (κ3) is 7.55. The zero-order chi connectivity index (χ0) is 26.9. The number of halogens is 3. The number of carbonyl (C=O) groups excluding carboxylic acids is 2. The van der Waals surface area contributed by atoms with Gasteiger partial charge in [-0.25, -0.2) is 14.6 Å². The van der Waals surface area contributed by atoms with Gasteiger partial charge in [-0.05, 0) is 90.5 Å². The number of hydrazone groups is 1. The SMILES string of the molecule is O=C(Oc1ccc(/C=N\NC(=O)C(Oc2ccc(Cl)cc2)Oc2ccc(Cl)cc2)cc1)c1ccccc1F. The van der Waals surface area contributed by atoms with E-state index in [2.05, 4.69) is 10.5 Å². The summed E-state index contributed by atoms with van der Waals surface area (Å²) in [6.45, 7) is 0. The highest BCUT2D eigenvalue weighted by molar-refractivity contribution is 6.30. The van der Waals surface area contributed by atoms with Gasteiger partial charge in [0, 0.05) is 10.0 Å². The Morgan fingerprint density at radius 2 is 1.29 bits per heavy atom. The molecule has 0 atom stereocenters. The molecule has 7 nitrogen and oxygen atoms in total. The molecule has 4 aromatic rings. The molecule has 0 aliphatic rings. The van der Waals surface area contributed by atoms with Crippen LogP contribution in [0.4, 0.5) is 4.39 Å². The number of carbonyl (C=O) groups is 2. The van der Waals surface area contributed by atoms with E-state index in [0.717, 1.165) is 0 Å². The molecule has 10 heteroatoms. The molecule has 0 aromatic heterocycles. The van der Waals surface area contributed by atoms with Crippen LogP contribution in [0.5, 0.6) is 17.2 Å². The Hall–Kier alpha value is -4.40. The van der Waals surface area contributed by atoms with Crippen molar-refractivity contribution in [3.63, 3.8) is 0 Å². The highest BCUT2D eigenvalue weighted by Gasteiger charge is 2.23. The number of ether oxygens (including phenoxy) is 3. The number of amides is 1. The minimum absolute atomic E-state index is 0.169. The molecule has 1 amide bonds. The van der Waals surface area contributed by atoms with E-state index in [1.807, 2.05) is 0 Å². The summed E-state index contributed by atoms with van der Waals surface area (Å²) >= 11 is 11.8. The second-order valence-electron chi connectivity index (χ2n) is 7.65. The van der Waals surface area contributed by atoms with Gasteiger partial charge in [-0.1, -0.05) is 35.3 Å². The average Bonchev–Trinajstić information content (AvgIpc) is 2.92. The molecule has 38 heavy (non-hydrogen) atoms. The molecule has 0 aliphatic heterocycles. The van der Waals surface area contributed by atoms with Crippen molar-refractivity contribution < 1.29 is 28.2 Å². The van der Waals surface area contributed by atoms with Crippen molar-refractivity contribution in [2.24, 2.45) is 5.10 Å². The van der Waals surface area contributed by atoms with Gasteiger partial charge in [0.1, 0.15) is 23.1 Å². The Balaban J connectivity index is 1.38. The van der Waals surface area contributed by atoms with Gasteiger partial charge < -0.3 is 14.2 Å². The summed E-state index contributed by atoms with van der Waals surface area (Å²) < 4.78 is 30.3. The lowest BCUT2D eigenvalue weighted by Gasteiger charge is -2.19. The van der Waals surface area contributed by atoms with E-state index in [4.69, 9.17) is 37.4 Å². The largest absolute Gasteiger partial charge is 0.446 e. The number of esters is 1. The number of nitrogens with one attached hydrogen (secondary N) is 1. The minimum atomic E-state index is -1.38. The lowest BCUT2D eigenvalue weighted by molar-refractivity contribution is -0.140. The van der Waals surface area contributed by atoms with E-state index < -0.39 is 24.0 Å². The molecule has 0 radical (unpaired) electrons. The van der Waals surface area contributed by atoms with Crippen molar-refractivity contribution in [3.05, 3.63) is 124 Å². The fourth-order valence-electron chi connectivity index (χ4n) is 3.04. The van der Waals surface area contributed by atoms with Gasteiger partial charge in [-0.3, -0.25) is 4.79 Å². The standard InChI is InChI=1S/C28H19Cl2FN2O5/c29-19-7-13-22(14-8-19)37-28(38-23-15-9-20(30)10-16-23)26(34)33-32-17-18-5-11-21(12-6-18)36-27(35)24-3-1-2-4-25(24)31/h1-17,28H,(H,33,34)/b32-17-. The Kier molecular flexibility index (Phi) is 8.92. The van der Waals surface area contributed by atoms with Crippen LogP contribution in [-0.4, -0.2) is 24.4 Å². The lowest BCUT2D eigenvalue weighted by Crippen LogP contribution is -2.40. The van der Waals surface area contributed by atoms with Crippen LogP contribution < -0.4 is 19.6 Å². The van der Waals surface area contributed by atoms with Gasteiger partial charge in [0.25, 0.3) is 0 Å². The molecule has 0 bridgehead atoms. The summed E-state index contributed by atoms with van der Waals surface area (Å²) in [5, 5.41) is 4.96. The van der Waals surface area contributed by atoms with E-state index in [9.17, 15) is 14.0 Å². The van der Waals surface area contributed by atoms with Crippen LogP contribution in [0, 0.1) is 5.82 Å². The van der Waals surface area contributed by atoms with E-state index in [1.165, 1.54) is 36.5 Å². The van der Waals surface area contributed by atoms with Crippen LogP contribution in [0.3, 0.4) is 0 Å². The normalized spacial score (nSPS) is 10.8. The summed E-state index contributed by atoms with van der Waals surface area (Å²) in [4.78, 5) is 25.0. The van der Waals surface area contributed by atoms with Crippen LogP contribution in [0.2, 0.25) is 10.0 Å². The van der Waals surface area contributed by atoms with Gasteiger partial charge in [-0.15, -0.1) is 0 Å². The molecule has 0 heterocycles. The van der Waals surface area contributed by atoms with E-state index in [0.29, 0.717) is 27.1 Å². The highest BCUT2D eigenvalue weighted by atomic mass is 35.5. The second-order valence-corrected chi connectivity index (χ2v) is 8.52. The Bertz CT molecular complexity index is 1380. The summed E-state index contributed by atoms with van der Waals surface area (Å²) in [6, 6.07) is 24.6. The van der Waals surface area contributed by atoms with Gasteiger partial charge in [0.15, 0.2) is 0 Å². The Morgan fingerprint density at radius 3 is 1.84 bits per heavy atom. The summed E-state index contributed by atoms with van der Waals surface area (Å²) in [7, 11) is 0. The monoisotopic (exact) mass is 552 g/mol. The molecule has 0 saturated carbocycles. The topological polar surface area (TPSA) is 86.2 Å². The first-order valence-corrected chi connectivity index (χ1v) is 11.9. The zero-order valence-electron chi connectivity index (χ0n) is 19.5. The van der Waals surface area contributed by atoms with Crippen molar-refractivity contribution in [2.75, 3.05) is 0 Å². The fraction of sp³-hybridized carbons (Fsp3) is 0.0357. The summed E-state index contributed by atoms with van der Waals surface area (Å²) in [5.41, 5.74) is 2.79. The molecule has 4 aromatic carbocycles. The maximum absolute atomic E-state index is 13.8. The average molecular weight is 553 g/mol. The molecule has 4 rings (SSSR count). The quantitative estimate of drug-likeness (QED) is 0.0867. The van der Waals surface area contributed by atoms with Crippen LogP contribution in [0.15, 0.2) is 102 Å². The summed E-state index contributed by atoms with van der Waals surface area (Å²) in [5.74, 6) is -1.24. The first-order chi connectivity index (χ1) is 18.4. The fourth-order valence-corrected chi connectivity index (χ4v) is 3.29. The van der Waals surface area contributed by atoms with Crippen molar-refractivity contribution in [3.8, 4) is 17.2 Å². The van der Waals surface area contributed by atoms with Gasteiger partial charge in [-0.2, -0.15) is 5.10 Å². The predicted molar refractivity (Wildman–Crippen MR) is 141 cm³/mol. The van der Waals surface area contributed by atoms with E-state index >= 15 is 0 Å². The molecular formula is C28H19Cl2FN2O5. The molecule has 0 aliphatic carbocycles. The number of hydrogen-bond acceptors (Lipinski definition) is 6. The third-order valence-electron chi connectivity index (χ3n) is 4.90. The smallest absolute Gasteiger partial charge is 0.346 e. The maximum atomic E-state index is 13.8.